The van der Waals surface area contributed by atoms with Gasteiger partial charge >= 0.3 is 0 Å². The van der Waals surface area contributed by atoms with Gasteiger partial charge in [-0.05, 0) is 53.4 Å². The van der Waals surface area contributed by atoms with Gasteiger partial charge in [-0.15, -0.1) is 0 Å². The first-order valence-corrected chi connectivity index (χ1v) is 13.5. The van der Waals surface area contributed by atoms with Crippen molar-refractivity contribution in [3.63, 3.8) is 0 Å². The Morgan fingerprint density at radius 1 is 0.500 bits per heavy atom. The predicted molar refractivity (Wildman–Crippen MR) is 165 cm³/mol. The summed E-state index contributed by atoms with van der Waals surface area (Å²) < 4.78 is 4.77. The highest BCUT2D eigenvalue weighted by atomic mass is 15.1. The van der Waals surface area contributed by atoms with Crippen LogP contribution < -0.4 is 0 Å². The zero-order chi connectivity index (χ0) is 26.2. The molecule has 9 rings (SSSR count). The van der Waals surface area contributed by atoms with Crippen molar-refractivity contribution in [2.75, 3.05) is 0 Å². The summed E-state index contributed by atoms with van der Waals surface area (Å²) in [6, 6.07) is 41.3. The third kappa shape index (κ3) is 2.85. The fourth-order valence-corrected chi connectivity index (χ4v) is 6.53. The first-order valence-electron chi connectivity index (χ1n) is 13.5. The van der Waals surface area contributed by atoms with Crippen LogP contribution in [0.4, 0.5) is 0 Å². The molecule has 0 fully saturated rings. The number of hydrogen-bond acceptors (Lipinski definition) is 2. The molecule has 186 valence electrons. The van der Waals surface area contributed by atoms with E-state index in [1.165, 1.54) is 48.9 Å². The highest BCUT2D eigenvalue weighted by molar-refractivity contribution is 6.27. The molecule has 0 saturated carbocycles. The molecule has 0 saturated heterocycles. The number of para-hydroxylation sites is 2. The maximum Gasteiger partial charge on any atom is 0.138 e. The summed E-state index contributed by atoms with van der Waals surface area (Å²) in [5.41, 5.74) is 8.11. The number of fused-ring (bicyclic) bond motifs is 12. The third-order valence-corrected chi connectivity index (χ3v) is 8.21. The Bertz CT molecular complexity index is 2430. The van der Waals surface area contributed by atoms with E-state index in [4.69, 9.17) is 4.98 Å². The second-order valence-corrected chi connectivity index (χ2v) is 10.3. The molecular weight excluding hydrogens is 488 g/mol. The van der Waals surface area contributed by atoms with Crippen molar-refractivity contribution in [3.8, 4) is 16.9 Å². The van der Waals surface area contributed by atoms with Crippen molar-refractivity contribution < 1.29 is 0 Å². The fraction of sp³-hybridized carbons (Fsp3) is 0. The van der Waals surface area contributed by atoms with Gasteiger partial charge in [-0.25, -0.2) is 4.98 Å². The molecule has 4 aromatic carbocycles. The molecule has 0 aliphatic carbocycles. The molecule has 5 heterocycles. The average Bonchev–Trinajstić information content (AvgIpc) is 3.58. The molecule has 0 radical (unpaired) electrons. The summed E-state index contributed by atoms with van der Waals surface area (Å²) in [4.78, 5) is 9.21. The van der Waals surface area contributed by atoms with E-state index in [1.807, 2.05) is 24.5 Å². The fourth-order valence-electron chi connectivity index (χ4n) is 6.53. The smallest absolute Gasteiger partial charge is 0.138 e. The van der Waals surface area contributed by atoms with Crippen molar-refractivity contribution in [3.05, 3.63) is 134 Å². The molecule has 40 heavy (non-hydrogen) atoms. The van der Waals surface area contributed by atoms with Crippen molar-refractivity contribution in [1.82, 2.24) is 18.9 Å². The molecule has 4 heteroatoms. The van der Waals surface area contributed by atoms with Crippen LogP contribution >= 0.6 is 0 Å². The first kappa shape index (κ1) is 21.5. The minimum atomic E-state index is 0.890. The van der Waals surface area contributed by atoms with Crippen LogP contribution in [-0.4, -0.2) is 18.9 Å². The normalized spacial score (nSPS) is 12.0. The highest BCUT2D eigenvalue weighted by Gasteiger charge is 2.20. The average molecular weight is 511 g/mol. The van der Waals surface area contributed by atoms with Crippen LogP contribution in [0.5, 0.6) is 0 Å². The number of benzene rings is 4. The Kier molecular flexibility index (Phi) is 4.30. The van der Waals surface area contributed by atoms with Crippen molar-refractivity contribution in [2.45, 2.75) is 0 Å². The minimum absolute atomic E-state index is 0.890. The van der Waals surface area contributed by atoms with E-state index in [2.05, 4.69) is 117 Å². The van der Waals surface area contributed by atoms with E-state index in [9.17, 15) is 0 Å². The molecule has 0 N–H and O–H groups in total. The van der Waals surface area contributed by atoms with E-state index in [0.29, 0.717) is 0 Å². The van der Waals surface area contributed by atoms with Gasteiger partial charge in [0.15, 0.2) is 0 Å². The molecule has 0 unspecified atom stereocenters. The summed E-state index contributed by atoms with van der Waals surface area (Å²) in [5.74, 6) is 0.890. The lowest BCUT2D eigenvalue weighted by atomic mass is 10.0. The highest BCUT2D eigenvalue weighted by Crippen LogP contribution is 2.41. The molecule has 4 nitrogen and oxygen atoms in total. The third-order valence-electron chi connectivity index (χ3n) is 8.21. The van der Waals surface area contributed by atoms with Crippen LogP contribution in [0.25, 0.3) is 76.8 Å². The van der Waals surface area contributed by atoms with E-state index in [1.54, 1.807) is 6.20 Å². The zero-order valence-corrected chi connectivity index (χ0v) is 21.5. The molecule has 0 aliphatic heterocycles. The Balaban J connectivity index is 1.50. The van der Waals surface area contributed by atoms with Gasteiger partial charge in [-0.2, -0.15) is 0 Å². The molecule has 9 aromatic rings. The summed E-state index contributed by atoms with van der Waals surface area (Å²) >= 11 is 0. The number of pyridine rings is 3. The first-order chi connectivity index (χ1) is 19.9. The van der Waals surface area contributed by atoms with Crippen LogP contribution in [-0.2, 0) is 0 Å². The van der Waals surface area contributed by atoms with Gasteiger partial charge in [0.25, 0.3) is 0 Å². The Hall–Kier alpha value is -5.48. The van der Waals surface area contributed by atoms with E-state index >= 15 is 0 Å². The standard InChI is InChI=1S/C36H22N4/c1-5-13-30-24(8-1)20-33-27-11-3-2-10-26(27)28-15-16-32-35(36(28)40(30)33)29-12-4-6-14-31(29)39(32)34-21-23(17-19-38-34)25-9-7-18-37-22-25/h1-22H. The van der Waals surface area contributed by atoms with Crippen molar-refractivity contribution in [2.24, 2.45) is 0 Å². The lowest BCUT2D eigenvalue weighted by Crippen LogP contribution is -1.98. The van der Waals surface area contributed by atoms with Crippen molar-refractivity contribution >= 4 is 59.9 Å². The van der Waals surface area contributed by atoms with Crippen LogP contribution in [0.2, 0.25) is 0 Å². The molecular formula is C36H22N4. The van der Waals surface area contributed by atoms with E-state index in [-0.39, 0.29) is 0 Å². The van der Waals surface area contributed by atoms with Crippen LogP contribution in [0.15, 0.2) is 134 Å². The Labute approximate surface area is 229 Å². The van der Waals surface area contributed by atoms with Crippen LogP contribution in [0.3, 0.4) is 0 Å². The Morgan fingerprint density at radius 3 is 2.17 bits per heavy atom. The zero-order valence-electron chi connectivity index (χ0n) is 21.5. The largest absolute Gasteiger partial charge is 0.308 e. The minimum Gasteiger partial charge on any atom is -0.308 e. The van der Waals surface area contributed by atoms with E-state index in [0.717, 1.165) is 28.0 Å². The van der Waals surface area contributed by atoms with Gasteiger partial charge in [-0.1, -0.05) is 72.8 Å². The summed E-state index contributed by atoms with van der Waals surface area (Å²) in [7, 11) is 0. The topological polar surface area (TPSA) is 35.1 Å². The summed E-state index contributed by atoms with van der Waals surface area (Å²) in [5, 5.41) is 7.47. The van der Waals surface area contributed by atoms with Gasteiger partial charge in [-0.3, -0.25) is 9.55 Å². The lowest BCUT2D eigenvalue weighted by molar-refractivity contribution is 1.08. The van der Waals surface area contributed by atoms with Crippen molar-refractivity contribution in [1.29, 1.82) is 0 Å². The second kappa shape index (κ2) is 8.01. The quantitative estimate of drug-likeness (QED) is 0.218. The molecule has 0 bridgehead atoms. The molecule has 5 aromatic heterocycles. The predicted octanol–water partition coefficient (Wildman–Crippen LogP) is 8.95. The second-order valence-electron chi connectivity index (χ2n) is 10.3. The van der Waals surface area contributed by atoms with Gasteiger partial charge in [0.2, 0.25) is 0 Å². The van der Waals surface area contributed by atoms with Gasteiger partial charge < -0.3 is 4.40 Å². The number of hydrogen-bond donors (Lipinski definition) is 0. The van der Waals surface area contributed by atoms with E-state index < -0.39 is 0 Å². The summed E-state index contributed by atoms with van der Waals surface area (Å²) in [6.07, 6.45) is 5.60. The monoisotopic (exact) mass is 510 g/mol. The maximum absolute atomic E-state index is 4.88. The van der Waals surface area contributed by atoms with Crippen LogP contribution in [0.1, 0.15) is 0 Å². The van der Waals surface area contributed by atoms with Gasteiger partial charge in [0.1, 0.15) is 5.82 Å². The molecule has 0 amide bonds. The van der Waals surface area contributed by atoms with Gasteiger partial charge in [0.05, 0.1) is 27.6 Å². The Morgan fingerprint density at radius 2 is 1.30 bits per heavy atom. The SMILES string of the molecule is c1cncc(-c2ccnc(-n3c4ccccc4c4c3ccc3c5ccccc5c5cc6ccccc6n5c34)c2)c1. The number of aromatic nitrogens is 4. The van der Waals surface area contributed by atoms with Crippen LogP contribution in [0, 0.1) is 0 Å². The number of rotatable bonds is 2. The maximum atomic E-state index is 4.88. The summed E-state index contributed by atoms with van der Waals surface area (Å²) in [6.45, 7) is 0. The molecule has 0 spiro atoms. The molecule has 0 atom stereocenters. The lowest BCUT2D eigenvalue weighted by Gasteiger charge is -2.13. The number of nitrogens with zero attached hydrogens (tertiary/aromatic N) is 4. The van der Waals surface area contributed by atoms with Gasteiger partial charge in [0, 0.05) is 51.1 Å². The molecule has 0 aliphatic rings.